The molecule has 0 atom stereocenters. The van der Waals surface area contributed by atoms with Crippen LogP contribution in [0, 0.1) is 6.92 Å². The molecule has 0 fully saturated rings. The molecule has 2 rings (SSSR count). The zero-order chi connectivity index (χ0) is 12.3. The monoisotopic (exact) mass is 230 g/mol. The second-order valence-corrected chi connectivity index (χ2v) is 3.86. The lowest BCUT2D eigenvalue weighted by atomic mass is 10.1. The fraction of sp³-hybridized carbons (Fsp3) is 0.333. The second-order valence-electron chi connectivity index (χ2n) is 3.86. The molecule has 2 aromatic rings. The molecule has 17 heavy (non-hydrogen) atoms. The molecule has 1 N–H and O–H groups in total. The standard InChI is InChI=1S/C12H14N4O/c1-3-4-10-15-11(8(2)12(17)16-10)9-5-13-7-14-6-9/h5-7H,3-4H2,1-2H3,(H,15,16,17). The quantitative estimate of drug-likeness (QED) is 0.867. The van der Waals surface area contributed by atoms with E-state index in [1.807, 2.05) is 6.92 Å². The van der Waals surface area contributed by atoms with E-state index in [-0.39, 0.29) is 5.56 Å². The molecule has 5 heteroatoms. The van der Waals surface area contributed by atoms with Gasteiger partial charge in [0.05, 0.1) is 5.69 Å². The van der Waals surface area contributed by atoms with Crippen LogP contribution in [-0.2, 0) is 6.42 Å². The number of hydrogen-bond donors (Lipinski definition) is 1. The summed E-state index contributed by atoms with van der Waals surface area (Å²) in [5.41, 5.74) is 1.94. The summed E-state index contributed by atoms with van der Waals surface area (Å²) in [6.45, 7) is 3.80. The van der Waals surface area contributed by atoms with Gasteiger partial charge in [0.2, 0.25) is 0 Å². The molecule has 2 heterocycles. The van der Waals surface area contributed by atoms with E-state index in [1.165, 1.54) is 6.33 Å². The van der Waals surface area contributed by atoms with E-state index < -0.39 is 0 Å². The van der Waals surface area contributed by atoms with Gasteiger partial charge < -0.3 is 4.98 Å². The van der Waals surface area contributed by atoms with Gasteiger partial charge in [0.25, 0.3) is 5.56 Å². The Morgan fingerprint density at radius 2 is 2.00 bits per heavy atom. The fourth-order valence-corrected chi connectivity index (χ4v) is 1.64. The molecule has 0 aromatic carbocycles. The highest BCUT2D eigenvalue weighted by Gasteiger charge is 2.09. The maximum absolute atomic E-state index is 11.8. The van der Waals surface area contributed by atoms with Crippen molar-refractivity contribution in [2.45, 2.75) is 26.7 Å². The molecule has 0 radical (unpaired) electrons. The van der Waals surface area contributed by atoms with Crippen molar-refractivity contribution in [3.05, 3.63) is 40.5 Å². The van der Waals surface area contributed by atoms with E-state index in [4.69, 9.17) is 0 Å². The molecule has 0 unspecified atom stereocenters. The van der Waals surface area contributed by atoms with Gasteiger partial charge in [-0.2, -0.15) is 0 Å². The SMILES string of the molecule is CCCc1nc(-c2cncnc2)c(C)c(=O)[nH]1. The van der Waals surface area contributed by atoms with Crippen LogP contribution in [0.3, 0.4) is 0 Å². The van der Waals surface area contributed by atoms with Crippen molar-refractivity contribution in [3.8, 4) is 11.3 Å². The van der Waals surface area contributed by atoms with Crippen molar-refractivity contribution in [3.63, 3.8) is 0 Å². The lowest BCUT2D eigenvalue weighted by molar-refractivity contribution is 0.822. The summed E-state index contributed by atoms with van der Waals surface area (Å²) < 4.78 is 0. The van der Waals surface area contributed by atoms with Crippen LogP contribution < -0.4 is 5.56 Å². The lowest BCUT2D eigenvalue weighted by Crippen LogP contribution is -2.16. The van der Waals surface area contributed by atoms with Crippen molar-refractivity contribution in [2.24, 2.45) is 0 Å². The summed E-state index contributed by atoms with van der Waals surface area (Å²) in [6, 6.07) is 0. The topological polar surface area (TPSA) is 71.5 Å². The molecule has 0 saturated heterocycles. The Kier molecular flexibility index (Phi) is 3.27. The Morgan fingerprint density at radius 1 is 1.29 bits per heavy atom. The van der Waals surface area contributed by atoms with E-state index in [1.54, 1.807) is 19.3 Å². The average Bonchev–Trinajstić information content (AvgIpc) is 2.35. The molecule has 0 bridgehead atoms. The third-order valence-electron chi connectivity index (χ3n) is 2.52. The first-order valence-electron chi connectivity index (χ1n) is 5.57. The Labute approximate surface area is 99.0 Å². The summed E-state index contributed by atoms with van der Waals surface area (Å²) in [7, 11) is 0. The number of aryl methyl sites for hydroxylation is 1. The predicted octanol–water partition coefficient (Wildman–Crippen LogP) is 1.49. The van der Waals surface area contributed by atoms with Gasteiger partial charge in [0.1, 0.15) is 12.2 Å². The molecule has 2 aromatic heterocycles. The fourth-order valence-electron chi connectivity index (χ4n) is 1.64. The predicted molar refractivity (Wildman–Crippen MR) is 64.6 cm³/mol. The number of hydrogen-bond acceptors (Lipinski definition) is 4. The maximum Gasteiger partial charge on any atom is 0.254 e. The third-order valence-corrected chi connectivity index (χ3v) is 2.52. The van der Waals surface area contributed by atoms with Crippen molar-refractivity contribution >= 4 is 0 Å². The molecular weight excluding hydrogens is 216 g/mol. The van der Waals surface area contributed by atoms with Crippen LogP contribution in [0.25, 0.3) is 11.3 Å². The minimum atomic E-state index is -0.0951. The molecule has 0 aliphatic rings. The number of H-pyrrole nitrogens is 1. The van der Waals surface area contributed by atoms with Gasteiger partial charge in [0.15, 0.2) is 0 Å². The van der Waals surface area contributed by atoms with Crippen LogP contribution >= 0.6 is 0 Å². The van der Waals surface area contributed by atoms with Gasteiger partial charge in [-0.1, -0.05) is 6.92 Å². The molecular formula is C12H14N4O. The Morgan fingerprint density at radius 3 is 2.65 bits per heavy atom. The van der Waals surface area contributed by atoms with E-state index >= 15 is 0 Å². The van der Waals surface area contributed by atoms with E-state index in [2.05, 4.69) is 19.9 Å². The minimum Gasteiger partial charge on any atom is -0.310 e. The average molecular weight is 230 g/mol. The largest absolute Gasteiger partial charge is 0.310 e. The number of nitrogens with one attached hydrogen (secondary N) is 1. The highest BCUT2D eigenvalue weighted by atomic mass is 16.1. The third kappa shape index (κ3) is 2.38. The normalized spacial score (nSPS) is 10.5. The van der Waals surface area contributed by atoms with Crippen molar-refractivity contribution in [2.75, 3.05) is 0 Å². The van der Waals surface area contributed by atoms with Gasteiger partial charge in [0, 0.05) is 29.9 Å². The maximum atomic E-state index is 11.8. The van der Waals surface area contributed by atoms with Gasteiger partial charge in [-0.25, -0.2) is 15.0 Å². The van der Waals surface area contributed by atoms with Crippen molar-refractivity contribution < 1.29 is 0 Å². The van der Waals surface area contributed by atoms with Gasteiger partial charge in [-0.3, -0.25) is 4.79 Å². The number of nitrogens with zero attached hydrogens (tertiary/aromatic N) is 3. The summed E-state index contributed by atoms with van der Waals surface area (Å²) in [5.74, 6) is 0.710. The number of aromatic nitrogens is 4. The van der Waals surface area contributed by atoms with Crippen LogP contribution in [-0.4, -0.2) is 19.9 Å². The molecule has 0 spiro atoms. The molecule has 0 amide bonds. The van der Waals surface area contributed by atoms with Crippen LogP contribution in [0.5, 0.6) is 0 Å². The van der Waals surface area contributed by atoms with Gasteiger partial charge >= 0.3 is 0 Å². The molecule has 0 aliphatic carbocycles. The zero-order valence-corrected chi connectivity index (χ0v) is 9.90. The first kappa shape index (κ1) is 11.4. The van der Waals surface area contributed by atoms with Crippen LogP contribution in [0.15, 0.2) is 23.5 Å². The number of aromatic amines is 1. The summed E-state index contributed by atoms with van der Waals surface area (Å²) in [4.78, 5) is 26.9. The summed E-state index contributed by atoms with van der Waals surface area (Å²) in [6.07, 6.45) is 6.49. The Hall–Kier alpha value is -2.04. The molecule has 88 valence electrons. The zero-order valence-electron chi connectivity index (χ0n) is 9.90. The van der Waals surface area contributed by atoms with Crippen LogP contribution in [0.1, 0.15) is 24.7 Å². The van der Waals surface area contributed by atoms with Crippen molar-refractivity contribution in [1.82, 2.24) is 19.9 Å². The molecule has 0 saturated carbocycles. The molecule has 5 nitrogen and oxygen atoms in total. The first-order chi connectivity index (χ1) is 8.22. The van der Waals surface area contributed by atoms with Gasteiger partial charge in [-0.05, 0) is 13.3 Å². The highest BCUT2D eigenvalue weighted by molar-refractivity contribution is 5.60. The highest BCUT2D eigenvalue weighted by Crippen LogP contribution is 2.16. The van der Waals surface area contributed by atoms with Crippen molar-refractivity contribution in [1.29, 1.82) is 0 Å². The molecule has 0 aliphatic heterocycles. The Bertz CT molecular complexity index is 562. The van der Waals surface area contributed by atoms with E-state index in [9.17, 15) is 4.79 Å². The van der Waals surface area contributed by atoms with Crippen LogP contribution in [0.2, 0.25) is 0 Å². The minimum absolute atomic E-state index is 0.0951. The van der Waals surface area contributed by atoms with E-state index in [0.717, 1.165) is 18.4 Å². The number of rotatable bonds is 3. The smallest absolute Gasteiger partial charge is 0.254 e. The van der Waals surface area contributed by atoms with Crippen LogP contribution in [0.4, 0.5) is 0 Å². The lowest BCUT2D eigenvalue weighted by Gasteiger charge is -2.06. The first-order valence-corrected chi connectivity index (χ1v) is 5.57. The Balaban J connectivity index is 2.57. The van der Waals surface area contributed by atoms with E-state index in [0.29, 0.717) is 17.1 Å². The second kappa shape index (κ2) is 4.86. The summed E-state index contributed by atoms with van der Waals surface area (Å²) in [5, 5.41) is 0. The summed E-state index contributed by atoms with van der Waals surface area (Å²) >= 11 is 0. The van der Waals surface area contributed by atoms with Gasteiger partial charge in [-0.15, -0.1) is 0 Å².